The molecular weight excluding hydrogens is 287 g/mol. The third-order valence-electron chi connectivity index (χ3n) is 3.13. The number of nitrogens with zero attached hydrogens (tertiary/aromatic N) is 4. The average molecular weight is 299 g/mol. The van der Waals surface area contributed by atoms with Crippen LogP contribution in [0.4, 0.5) is 4.39 Å². The monoisotopic (exact) mass is 298 g/mol. The molecule has 90 valence electrons. The van der Waals surface area contributed by atoms with Gasteiger partial charge < -0.3 is 4.90 Å². The molecule has 4 nitrogen and oxygen atoms in total. The minimum atomic E-state index is -0.298. The summed E-state index contributed by atoms with van der Waals surface area (Å²) in [7, 11) is 2.10. The SMILES string of the molecule is CN1CC(Cn2nnc3cc(F)c(Br)cc32)C1. The molecule has 0 spiro atoms. The van der Waals surface area contributed by atoms with Gasteiger partial charge in [-0.1, -0.05) is 5.21 Å². The predicted molar refractivity (Wildman–Crippen MR) is 66.2 cm³/mol. The van der Waals surface area contributed by atoms with Crippen molar-refractivity contribution in [2.24, 2.45) is 5.92 Å². The summed E-state index contributed by atoms with van der Waals surface area (Å²) in [6.45, 7) is 3.02. The van der Waals surface area contributed by atoms with Crippen LogP contribution in [0.25, 0.3) is 11.0 Å². The fraction of sp³-hybridized carbons (Fsp3) is 0.455. The molecule has 0 amide bonds. The number of aromatic nitrogens is 3. The smallest absolute Gasteiger partial charge is 0.139 e. The number of hydrogen-bond donors (Lipinski definition) is 0. The van der Waals surface area contributed by atoms with Crippen LogP contribution in [0.1, 0.15) is 0 Å². The van der Waals surface area contributed by atoms with E-state index in [1.165, 1.54) is 6.07 Å². The van der Waals surface area contributed by atoms with Gasteiger partial charge in [-0.25, -0.2) is 9.07 Å². The molecule has 0 bridgehead atoms. The van der Waals surface area contributed by atoms with E-state index in [0.29, 0.717) is 15.9 Å². The molecule has 3 rings (SSSR count). The third-order valence-corrected chi connectivity index (χ3v) is 3.73. The van der Waals surface area contributed by atoms with Crippen LogP contribution in [0.3, 0.4) is 0 Å². The van der Waals surface area contributed by atoms with Crippen molar-refractivity contribution in [2.45, 2.75) is 6.54 Å². The van der Waals surface area contributed by atoms with Crippen molar-refractivity contribution in [3.8, 4) is 0 Å². The molecule has 2 aromatic rings. The number of hydrogen-bond acceptors (Lipinski definition) is 3. The zero-order chi connectivity index (χ0) is 12.0. The first kappa shape index (κ1) is 11.1. The zero-order valence-corrected chi connectivity index (χ0v) is 11.0. The highest BCUT2D eigenvalue weighted by Gasteiger charge is 2.24. The Balaban J connectivity index is 1.92. The molecule has 1 aromatic carbocycles. The lowest BCUT2D eigenvalue weighted by molar-refractivity contribution is 0.116. The van der Waals surface area contributed by atoms with Crippen LogP contribution in [0.15, 0.2) is 16.6 Å². The molecule has 1 saturated heterocycles. The molecule has 0 aliphatic carbocycles. The third kappa shape index (κ3) is 1.95. The van der Waals surface area contributed by atoms with Gasteiger partial charge in [0.25, 0.3) is 0 Å². The molecule has 0 radical (unpaired) electrons. The summed E-state index contributed by atoms with van der Waals surface area (Å²) in [5, 5.41) is 8.07. The van der Waals surface area contributed by atoms with Gasteiger partial charge >= 0.3 is 0 Å². The van der Waals surface area contributed by atoms with Gasteiger partial charge in [0.15, 0.2) is 0 Å². The lowest BCUT2D eigenvalue weighted by Crippen LogP contribution is -2.45. The molecule has 2 heterocycles. The van der Waals surface area contributed by atoms with Gasteiger partial charge in [-0.2, -0.15) is 0 Å². The van der Waals surface area contributed by atoms with Crippen LogP contribution < -0.4 is 0 Å². The van der Waals surface area contributed by atoms with E-state index >= 15 is 0 Å². The first-order valence-electron chi connectivity index (χ1n) is 5.50. The quantitative estimate of drug-likeness (QED) is 0.849. The average Bonchev–Trinajstić information content (AvgIpc) is 2.60. The van der Waals surface area contributed by atoms with Gasteiger partial charge in [0.05, 0.1) is 9.99 Å². The van der Waals surface area contributed by atoms with Crippen LogP contribution in [0.5, 0.6) is 0 Å². The van der Waals surface area contributed by atoms with E-state index in [0.717, 1.165) is 25.2 Å². The van der Waals surface area contributed by atoms with E-state index < -0.39 is 0 Å². The van der Waals surface area contributed by atoms with Crippen molar-refractivity contribution in [3.05, 3.63) is 22.4 Å². The highest BCUT2D eigenvalue weighted by Crippen LogP contribution is 2.23. The zero-order valence-electron chi connectivity index (χ0n) is 9.40. The molecule has 1 fully saturated rings. The Morgan fingerprint density at radius 2 is 2.24 bits per heavy atom. The second kappa shape index (κ2) is 4.03. The lowest BCUT2D eigenvalue weighted by Gasteiger charge is -2.35. The summed E-state index contributed by atoms with van der Waals surface area (Å²) in [4.78, 5) is 2.26. The molecule has 1 aliphatic rings. The Labute approximate surface area is 107 Å². The van der Waals surface area contributed by atoms with E-state index in [-0.39, 0.29) is 5.82 Å². The van der Waals surface area contributed by atoms with Crippen molar-refractivity contribution in [2.75, 3.05) is 20.1 Å². The fourth-order valence-electron chi connectivity index (χ4n) is 2.29. The largest absolute Gasteiger partial charge is 0.306 e. The van der Waals surface area contributed by atoms with Gasteiger partial charge in [-0.15, -0.1) is 5.10 Å². The normalized spacial score (nSPS) is 17.6. The standard InChI is InChI=1S/C11H12BrFN4/c1-16-4-7(5-16)6-17-11-2-8(12)9(13)3-10(11)14-15-17/h2-3,7H,4-6H2,1H3. The van der Waals surface area contributed by atoms with Crippen LogP contribution in [0, 0.1) is 11.7 Å². The Morgan fingerprint density at radius 1 is 1.47 bits per heavy atom. The molecule has 0 N–H and O–H groups in total. The van der Waals surface area contributed by atoms with Gasteiger partial charge in [0.2, 0.25) is 0 Å². The minimum Gasteiger partial charge on any atom is -0.306 e. The molecule has 0 unspecified atom stereocenters. The Bertz CT molecular complexity index is 562. The number of halogens is 2. The maximum atomic E-state index is 13.3. The maximum Gasteiger partial charge on any atom is 0.139 e. The van der Waals surface area contributed by atoms with E-state index in [1.54, 1.807) is 6.07 Å². The number of likely N-dealkylation sites (tertiary alicyclic amines) is 1. The summed E-state index contributed by atoms with van der Waals surface area (Å²) in [6, 6.07) is 3.16. The fourth-order valence-corrected chi connectivity index (χ4v) is 2.62. The second-order valence-electron chi connectivity index (χ2n) is 4.61. The van der Waals surface area contributed by atoms with E-state index in [4.69, 9.17) is 0 Å². The summed E-state index contributed by atoms with van der Waals surface area (Å²) < 4.78 is 15.6. The van der Waals surface area contributed by atoms with Gasteiger partial charge in [-0.3, -0.25) is 0 Å². The van der Waals surface area contributed by atoms with Crippen molar-refractivity contribution in [3.63, 3.8) is 0 Å². The molecule has 0 saturated carbocycles. The molecule has 6 heteroatoms. The molecular formula is C11H12BrFN4. The van der Waals surface area contributed by atoms with Gasteiger partial charge in [-0.05, 0) is 29.0 Å². The molecule has 1 aliphatic heterocycles. The molecule has 17 heavy (non-hydrogen) atoms. The predicted octanol–water partition coefficient (Wildman–Crippen LogP) is 1.89. The summed E-state index contributed by atoms with van der Waals surface area (Å²) in [5.41, 5.74) is 1.49. The summed E-state index contributed by atoms with van der Waals surface area (Å²) in [5.74, 6) is 0.321. The summed E-state index contributed by atoms with van der Waals surface area (Å²) >= 11 is 3.19. The number of benzene rings is 1. The Morgan fingerprint density at radius 3 is 2.94 bits per heavy atom. The molecule has 0 atom stereocenters. The van der Waals surface area contributed by atoms with Gasteiger partial charge in [0, 0.05) is 31.6 Å². The van der Waals surface area contributed by atoms with E-state index in [1.807, 2.05) is 4.68 Å². The minimum absolute atomic E-state index is 0.298. The molecule has 1 aromatic heterocycles. The highest BCUT2D eigenvalue weighted by molar-refractivity contribution is 9.10. The van der Waals surface area contributed by atoms with Crippen LogP contribution in [-0.4, -0.2) is 40.0 Å². The van der Waals surface area contributed by atoms with Crippen molar-refractivity contribution >= 4 is 27.0 Å². The first-order valence-corrected chi connectivity index (χ1v) is 6.29. The van der Waals surface area contributed by atoms with Crippen molar-refractivity contribution < 1.29 is 4.39 Å². The first-order chi connectivity index (χ1) is 8.13. The van der Waals surface area contributed by atoms with E-state index in [2.05, 4.69) is 38.2 Å². The van der Waals surface area contributed by atoms with Crippen LogP contribution in [-0.2, 0) is 6.54 Å². The van der Waals surface area contributed by atoms with Crippen molar-refractivity contribution in [1.29, 1.82) is 0 Å². The highest BCUT2D eigenvalue weighted by atomic mass is 79.9. The maximum absolute atomic E-state index is 13.3. The number of fused-ring (bicyclic) bond motifs is 1. The Kier molecular flexibility index (Phi) is 2.63. The van der Waals surface area contributed by atoms with Crippen LogP contribution in [0.2, 0.25) is 0 Å². The van der Waals surface area contributed by atoms with Gasteiger partial charge in [0.1, 0.15) is 11.3 Å². The van der Waals surface area contributed by atoms with E-state index in [9.17, 15) is 4.39 Å². The number of rotatable bonds is 2. The topological polar surface area (TPSA) is 34.0 Å². The Hall–Kier alpha value is -1.01. The summed E-state index contributed by atoms with van der Waals surface area (Å²) in [6.07, 6.45) is 0. The van der Waals surface area contributed by atoms with Crippen molar-refractivity contribution in [1.82, 2.24) is 19.9 Å². The lowest BCUT2D eigenvalue weighted by atomic mass is 10.0. The second-order valence-corrected chi connectivity index (χ2v) is 5.47. The van der Waals surface area contributed by atoms with Crippen LogP contribution >= 0.6 is 15.9 Å².